The molecule has 600 valence electrons. The fourth-order valence-electron chi connectivity index (χ4n) is 16.9. The third-order valence-corrected chi connectivity index (χ3v) is 26.5. The van der Waals surface area contributed by atoms with Gasteiger partial charge in [0.05, 0.1) is 0 Å². The van der Waals surface area contributed by atoms with E-state index in [1.807, 2.05) is 72.8 Å². The van der Waals surface area contributed by atoms with Crippen LogP contribution in [0.3, 0.4) is 0 Å². The molecule has 0 spiro atoms. The van der Waals surface area contributed by atoms with Crippen molar-refractivity contribution in [2.24, 2.45) is 0 Å². The molecular formula is C96H60B4Br4Cl4F10I2-4. The fraction of sp³-hybridized carbons (Fsp3) is 0. The summed E-state index contributed by atoms with van der Waals surface area (Å²) in [6.45, 7) is 0. The molecule has 0 heterocycles. The Morgan fingerprint density at radius 1 is 0.158 bits per heavy atom. The van der Waals surface area contributed by atoms with Crippen LogP contribution in [0, 0.1) is 65.3 Å². The van der Waals surface area contributed by atoms with Crippen LogP contribution >= 0.6 is 155 Å². The summed E-state index contributed by atoms with van der Waals surface area (Å²) in [5, 5.41) is 2.78. The Morgan fingerprint density at radius 3 is 0.442 bits per heavy atom. The van der Waals surface area contributed by atoms with E-state index in [0.29, 0.717) is 44.4 Å². The maximum absolute atomic E-state index is 14.3. The van der Waals surface area contributed by atoms with Crippen LogP contribution in [0.4, 0.5) is 43.9 Å². The maximum Gasteiger partial charge on any atom is 0.123 e. The molecule has 0 saturated carbocycles. The minimum absolute atomic E-state index is 0.275. The maximum atomic E-state index is 14.3. The van der Waals surface area contributed by atoms with Gasteiger partial charge in [-0.1, -0.05) is 377 Å². The zero-order valence-electron chi connectivity index (χ0n) is 62.5. The van der Waals surface area contributed by atoms with Crippen LogP contribution in [0.2, 0.25) is 20.1 Å². The highest BCUT2D eigenvalue weighted by atomic mass is 127. The van der Waals surface area contributed by atoms with E-state index in [0.717, 1.165) is 117 Å². The Labute approximate surface area is 770 Å². The predicted octanol–water partition coefficient (Wildman–Crippen LogP) is 20.5. The summed E-state index contributed by atoms with van der Waals surface area (Å²) in [4.78, 5) is 0. The van der Waals surface area contributed by atoms with Crippen molar-refractivity contribution in [1.29, 1.82) is 0 Å². The van der Waals surface area contributed by atoms with Gasteiger partial charge in [-0.25, -0.2) is 43.9 Å². The van der Waals surface area contributed by atoms with Crippen molar-refractivity contribution in [3.8, 4) is 0 Å². The Morgan fingerprint density at radius 2 is 0.283 bits per heavy atom. The number of hydrogen-bond donors (Lipinski definition) is 0. The Hall–Kier alpha value is -8.38. The van der Waals surface area contributed by atoms with E-state index in [1.165, 1.54) is 46.1 Å². The topological polar surface area (TPSA) is 0 Å². The van der Waals surface area contributed by atoms with E-state index >= 15 is 0 Å². The summed E-state index contributed by atoms with van der Waals surface area (Å²) < 4.78 is 149. The lowest BCUT2D eigenvalue weighted by molar-refractivity contribution is 0.585. The van der Waals surface area contributed by atoms with Gasteiger partial charge in [0, 0.05) is 69.4 Å². The minimum atomic E-state index is -3.29. The molecule has 0 radical (unpaired) electrons. The quantitative estimate of drug-likeness (QED) is 0.0514. The van der Waals surface area contributed by atoms with E-state index in [2.05, 4.69) is 303 Å². The molecule has 120 heavy (non-hydrogen) atoms. The molecular weight excluding hydrogens is 2100 g/mol. The van der Waals surface area contributed by atoms with E-state index in [1.54, 1.807) is 0 Å². The van der Waals surface area contributed by atoms with Crippen LogP contribution < -0.4 is 87.4 Å². The second-order valence-electron chi connectivity index (χ2n) is 28.9. The molecule has 16 rings (SSSR count). The number of rotatable bonds is 16. The summed E-state index contributed by atoms with van der Waals surface area (Å²) in [5.74, 6) is -9.54. The third kappa shape index (κ3) is 19.8. The molecule has 0 aliphatic rings. The average molecular weight is 2160 g/mol. The van der Waals surface area contributed by atoms with Gasteiger partial charge in [-0.05, 0) is 118 Å². The van der Waals surface area contributed by atoms with Crippen LogP contribution in [-0.4, -0.2) is 24.6 Å². The number of benzene rings is 16. The first kappa shape index (κ1) is 89.4. The van der Waals surface area contributed by atoms with Crippen molar-refractivity contribution < 1.29 is 43.9 Å². The van der Waals surface area contributed by atoms with Crippen LogP contribution in [-0.2, 0) is 0 Å². The molecule has 16 aromatic rings. The predicted molar refractivity (Wildman–Crippen MR) is 516 cm³/mol. The standard InChI is InChI=1S/C24H16BBr4.C24H16BCl4.C24H12BF8.C24H16BF2I2/c2*26-21-9-1-17(2-10-21)25(18-3-11-22(27)12-4-18,19-5-13-23(28)14-6-19)20-7-15-24(29)16-8-20;26-17-1-13(2-18(27)9-17)25(14-3-19(28)10-20(29)4-14,15-5-21(30)11-22(31)6-15)16-7-23(32)12-24(33)8-16;26-21-9-1-17(2-10-21)25(18-3-11-22(27)12-4-18,19-5-13-23(28)14-6-19)20-7-15-24(29)16-8-20/h2*1-16H;1-12H;1-16H/q4*-1. The smallest absolute Gasteiger partial charge is 0.123 e. The fourth-order valence-corrected chi connectivity index (χ4v) is 19.2. The molecule has 0 fully saturated rings. The van der Waals surface area contributed by atoms with E-state index < -0.39 is 71.1 Å². The molecule has 16 aromatic carbocycles. The first-order valence-corrected chi connectivity index (χ1v) is 44.0. The molecule has 0 N–H and O–H groups in total. The second kappa shape index (κ2) is 39.4. The summed E-state index contributed by atoms with van der Waals surface area (Å²) in [5.41, 5.74) is 12.4. The normalized spacial score (nSPS) is 11.5. The molecule has 0 atom stereocenters. The van der Waals surface area contributed by atoms with Gasteiger partial charge in [0.25, 0.3) is 0 Å². The van der Waals surface area contributed by atoms with Crippen LogP contribution in [0.15, 0.2) is 382 Å². The Balaban J connectivity index is 0.000000138. The highest BCUT2D eigenvalue weighted by molar-refractivity contribution is 14.1. The van der Waals surface area contributed by atoms with Crippen LogP contribution in [0.25, 0.3) is 0 Å². The first-order valence-electron chi connectivity index (χ1n) is 37.2. The molecule has 0 nitrogen and oxygen atoms in total. The minimum Gasteiger partial charge on any atom is -0.207 e. The molecule has 24 heteroatoms. The molecule has 0 saturated heterocycles. The lowest BCUT2D eigenvalue weighted by Crippen LogP contribution is -2.75. The van der Waals surface area contributed by atoms with Gasteiger partial charge in [-0.2, -0.15) is 87.4 Å². The van der Waals surface area contributed by atoms with E-state index in [4.69, 9.17) is 46.4 Å². The molecule has 0 unspecified atom stereocenters. The van der Waals surface area contributed by atoms with Crippen molar-refractivity contribution in [3.63, 3.8) is 0 Å². The van der Waals surface area contributed by atoms with E-state index in [-0.39, 0.29) is 33.5 Å². The van der Waals surface area contributed by atoms with Gasteiger partial charge in [0.15, 0.2) is 0 Å². The van der Waals surface area contributed by atoms with Gasteiger partial charge in [0.1, 0.15) is 82.8 Å². The van der Waals surface area contributed by atoms with Gasteiger partial charge in [-0.3, -0.25) is 0 Å². The molecule has 0 bridgehead atoms. The summed E-state index contributed by atoms with van der Waals surface area (Å²) >= 11 is 43.8. The van der Waals surface area contributed by atoms with Crippen molar-refractivity contribution >= 4 is 267 Å². The van der Waals surface area contributed by atoms with Crippen LogP contribution in [0.1, 0.15) is 0 Å². The third-order valence-electron chi connectivity index (χ3n) is 22.0. The number of halogens is 20. The molecule has 0 aliphatic heterocycles. The van der Waals surface area contributed by atoms with Gasteiger partial charge >= 0.3 is 0 Å². The summed E-state index contributed by atoms with van der Waals surface area (Å²) in [7, 11) is 0. The summed E-state index contributed by atoms with van der Waals surface area (Å²) in [6.07, 6.45) is -7.77. The zero-order chi connectivity index (χ0) is 85.2. The van der Waals surface area contributed by atoms with Crippen molar-refractivity contribution in [3.05, 3.63) is 467 Å². The van der Waals surface area contributed by atoms with Gasteiger partial charge in [0.2, 0.25) is 0 Å². The molecule has 0 aliphatic carbocycles. The van der Waals surface area contributed by atoms with Gasteiger partial charge < -0.3 is 0 Å². The average Bonchev–Trinajstić information content (AvgIpc) is 0.731. The lowest BCUT2D eigenvalue weighted by atomic mass is 9.13. The van der Waals surface area contributed by atoms with Crippen molar-refractivity contribution in [1.82, 2.24) is 0 Å². The second-order valence-corrected chi connectivity index (χ2v) is 36.8. The van der Waals surface area contributed by atoms with E-state index in [9.17, 15) is 43.9 Å². The highest BCUT2D eigenvalue weighted by Gasteiger charge is 2.38. The zero-order valence-corrected chi connectivity index (χ0v) is 76.2. The SMILES string of the molecule is Brc1ccc([B-](c2ccc(Br)cc2)(c2ccc(Br)cc2)c2ccc(Br)cc2)cc1.Clc1ccc([B-](c2ccc(Cl)cc2)(c2ccc(Cl)cc2)c2ccc(Cl)cc2)cc1.Fc1cc(F)cc([B-](c2cc(F)cc(F)c2)(c2cc(F)cc(F)c2)c2cc(F)cc(F)c2)c1.Fc1ccc([B-](c2ccc(F)cc2)(c2ccc(I)cc2)c2ccc(I)cc2)cc1. The largest absolute Gasteiger partial charge is 0.207 e. The highest BCUT2D eigenvalue weighted by Crippen LogP contribution is 2.24. The van der Waals surface area contributed by atoms with Crippen LogP contribution in [0.5, 0.6) is 0 Å². The lowest BCUT2D eigenvalue weighted by Gasteiger charge is -2.44. The Bertz CT molecular complexity index is 4950. The monoisotopic (exact) mass is 2160 g/mol. The van der Waals surface area contributed by atoms with Crippen molar-refractivity contribution in [2.45, 2.75) is 0 Å². The van der Waals surface area contributed by atoms with Crippen molar-refractivity contribution in [2.75, 3.05) is 0 Å². The first-order chi connectivity index (χ1) is 57.6. The molecule has 0 amide bonds. The Kier molecular flexibility index (Phi) is 29.4. The summed E-state index contributed by atoms with van der Waals surface area (Å²) in [6, 6.07) is 105. The number of hydrogen-bond acceptors (Lipinski definition) is 0. The van der Waals surface area contributed by atoms with Gasteiger partial charge in [-0.15, -0.1) is 0 Å². The molecule has 0 aromatic heterocycles.